The fourth-order valence-corrected chi connectivity index (χ4v) is 4.21. The van der Waals surface area contributed by atoms with Gasteiger partial charge in [-0.1, -0.05) is 66.2 Å². The molecule has 0 radical (unpaired) electrons. The molecular formula is C27H25ClN4O4S. The van der Waals surface area contributed by atoms with Crippen LogP contribution in [0.15, 0.2) is 79.0 Å². The standard InChI is InChI=1S/C27H25ClN4O4S/c1-18-8-11-21(24-15-29-25(28)26(31-24)32-37(2,34)35)14-23(18)27(33)30-22-12-9-20(10-13-22)17-36-16-19-6-4-3-5-7-19/h3-15H,16-17H2,1-2H3,(H,30,33)(H,31,32). The van der Waals surface area contributed by atoms with Crippen molar-refractivity contribution in [1.82, 2.24) is 9.97 Å². The maximum atomic E-state index is 13.1. The van der Waals surface area contributed by atoms with Crippen LogP contribution < -0.4 is 10.0 Å². The lowest BCUT2D eigenvalue weighted by Crippen LogP contribution is -2.14. The SMILES string of the molecule is Cc1ccc(-c2cnc(Cl)c(NS(C)(=O)=O)n2)cc1C(=O)Nc1ccc(COCc2ccccc2)cc1. The summed E-state index contributed by atoms with van der Waals surface area (Å²) < 4.78 is 31.2. The highest BCUT2D eigenvalue weighted by Gasteiger charge is 2.15. The molecule has 4 aromatic rings. The highest BCUT2D eigenvalue weighted by Crippen LogP contribution is 2.26. The van der Waals surface area contributed by atoms with Gasteiger partial charge in [-0.15, -0.1) is 0 Å². The third-order valence-corrected chi connectivity index (χ3v) is 6.22. The van der Waals surface area contributed by atoms with Gasteiger partial charge in [0.25, 0.3) is 5.91 Å². The zero-order valence-corrected chi connectivity index (χ0v) is 21.8. The van der Waals surface area contributed by atoms with E-state index >= 15 is 0 Å². The van der Waals surface area contributed by atoms with Crippen LogP contribution in [0.25, 0.3) is 11.3 Å². The lowest BCUT2D eigenvalue weighted by Gasteiger charge is -2.12. The van der Waals surface area contributed by atoms with Gasteiger partial charge in [0.1, 0.15) is 0 Å². The Morgan fingerprint density at radius 1 is 0.973 bits per heavy atom. The summed E-state index contributed by atoms with van der Waals surface area (Å²) in [6, 6.07) is 22.7. The van der Waals surface area contributed by atoms with Gasteiger partial charge in [-0.05, 0) is 41.8 Å². The number of benzene rings is 3. The predicted molar refractivity (Wildman–Crippen MR) is 145 cm³/mol. The van der Waals surface area contributed by atoms with Crippen molar-refractivity contribution in [2.24, 2.45) is 0 Å². The second-order valence-corrected chi connectivity index (χ2v) is 10.5. The Bertz CT molecular complexity index is 1510. The number of aryl methyl sites for hydroxylation is 1. The van der Waals surface area contributed by atoms with Crippen molar-refractivity contribution >= 4 is 39.0 Å². The van der Waals surface area contributed by atoms with E-state index in [9.17, 15) is 13.2 Å². The first-order valence-corrected chi connectivity index (χ1v) is 13.6. The van der Waals surface area contributed by atoms with Gasteiger partial charge in [0.15, 0.2) is 11.0 Å². The second kappa shape index (κ2) is 11.5. The van der Waals surface area contributed by atoms with Gasteiger partial charge in [-0.3, -0.25) is 9.52 Å². The lowest BCUT2D eigenvalue weighted by atomic mass is 10.0. The molecule has 0 fully saturated rings. The molecule has 0 bridgehead atoms. The number of hydrogen-bond donors (Lipinski definition) is 2. The number of nitrogens with zero attached hydrogens (tertiary/aromatic N) is 2. The van der Waals surface area contributed by atoms with Gasteiger partial charge in [0, 0.05) is 16.8 Å². The highest BCUT2D eigenvalue weighted by atomic mass is 35.5. The minimum absolute atomic E-state index is 0.0758. The van der Waals surface area contributed by atoms with Crippen molar-refractivity contribution in [3.8, 4) is 11.3 Å². The van der Waals surface area contributed by atoms with Gasteiger partial charge in [-0.25, -0.2) is 18.4 Å². The number of aromatic nitrogens is 2. The van der Waals surface area contributed by atoms with Gasteiger partial charge in [0.05, 0.1) is 31.4 Å². The van der Waals surface area contributed by atoms with E-state index in [1.54, 1.807) is 18.2 Å². The van der Waals surface area contributed by atoms with E-state index in [-0.39, 0.29) is 16.9 Å². The van der Waals surface area contributed by atoms with Gasteiger partial charge in [-0.2, -0.15) is 0 Å². The minimum atomic E-state index is -3.59. The number of anilines is 2. The lowest BCUT2D eigenvalue weighted by molar-refractivity contribution is 0.102. The molecule has 2 N–H and O–H groups in total. The van der Waals surface area contributed by atoms with Crippen LogP contribution in [0.4, 0.5) is 11.5 Å². The molecular weight excluding hydrogens is 512 g/mol. The van der Waals surface area contributed by atoms with Crippen LogP contribution >= 0.6 is 11.6 Å². The van der Waals surface area contributed by atoms with E-state index in [0.717, 1.165) is 22.9 Å². The van der Waals surface area contributed by atoms with Crippen LogP contribution in [0.5, 0.6) is 0 Å². The van der Waals surface area contributed by atoms with Gasteiger partial charge < -0.3 is 10.1 Å². The molecule has 190 valence electrons. The van der Waals surface area contributed by atoms with Crippen LogP contribution in [-0.2, 0) is 28.0 Å². The molecule has 0 aliphatic rings. The quantitative estimate of drug-likeness (QED) is 0.294. The molecule has 3 aromatic carbocycles. The van der Waals surface area contributed by atoms with Crippen molar-refractivity contribution in [3.63, 3.8) is 0 Å². The number of sulfonamides is 1. The summed E-state index contributed by atoms with van der Waals surface area (Å²) >= 11 is 5.98. The first kappa shape index (κ1) is 26.3. The molecule has 37 heavy (non-hydrogen) atoms. The molecule has 0 saturated carbocycles. The number of hydrogen-bond acceptors (Lipinski definition) is 6. The van der Waals surface area contributed by atoms with E-state index in [2.05, 4.69) is 20.0 Å². The summed E-state index contributed by atoms with van der Waals surface area (Å²) in [5.41, 5.74) is 4.91. The smallest absolute Gasteiger partial charge is 0.255 e. The maximum Gasteiger partial charge on any atom is 0.255 e. The number of ether oxygens (including phenoxy) is 1. The Morgan fingerprint density at radius 2 is 1.65 bits per heavy atom. The van der Waals surface area contributed by atoms with Crippen molar-refractivity contribution in [2.75, 3.05) is 16.3 Å². The Balaban J connectivity index is 1.44. The van der Waals surface area contributed by atoms with E-state index < -0.39 is 10.0 Å². The average molecular weight is 537 g/mol. The zero-order valence-electron chi connectivity index (χ0n) is 20.2. The summed E-state index contributed by atoms with van der Waals surface area (Å²) in [7, 11) is -3.59. The molecule has 0 unspecified atom stereocenters. The Morgan fingerprint density at radius 3 is 2.32 bits per heavy atom. The van der Waals surface area contributed by atoms with Crippen LogP contribution in [-0.4, -0.2) is 30.5 Å². The summed E-state index contributed by atoms with van der Waals surface area (Å²) in [5.74, 6) is -0.370. The summed E-state index contributed by atoms with van der Waals surface area (Å²) in [6.45, 7) is 2.82. The molecule has 0 saturated heterocycles. The number of carbonyl (C=O) groups excluding carboxylic acids is 1. The number of nitrogens with one attached hydrogen (secondary N) is 2. The number of rotatable bonds is 9. The van der Waals surface area contributed by atoms with Crippen molar-refractivity contribution < 1.29 is 17.9 Å². The fourth-order valence-electron chi connectivity index (χ4n) is 3.52. The average Bonchev–Trinajstić information content (AvgIpc) is 2.86. The first-order chi connectivity index (χ1) is 17.7. The van der Waals surface area contributed by atoms with E-state index in [4.69, 9.17) is 16.3 Å². The summed E-state index contributed by atoms with van der Waals surface area (Å²) in [6.07, 6.45) is 2.41. The molecule has 1 heterocycles. The van der Waals surface area contributed by atoms with Crippen molar-refractivity contribution in [1.29, 1.82) is 0 Å². The molecule has 1 amide bonds. The highest BCUT2D eigenvalue weighted by molar-refractivity contribution is 7.92. The third-order valence-electron chi connectivity index (χ3n) is 5.38. The molecule has 0 spiro atoms. The minimum Gasteiger partial charge on any atom is -0.372 e. The molecule has 10 heteroatoms. The van der Waals surface area contributed by atoms with Crippen LogP contribution in [0.2, 0.25) is 5.15 Å². The summed E-state index contributed by atoms with van der Waals surface area (Å²) in [4.78, 5) is 21.3. The maximum absolute atomic E-state index is 13.1. The zero-order chi connectivity index (χ0) is 26.4. The van der Waals surface area contributed by atoms with Gasteiger partial charge in [0.2, 0.25) is 10.0 Å². The third kappa shape index (κ3) is 7.36. The van der Waals surface area contributed by atoms with Gasteiger partial charge >= 0.3 is 0 Å². The molecule has 0 aliphatic carbocycles. The second-order valence-electron chi connectivity index (χ2n) is 8.43. The van der Waals surface area contributed by atoms with Crippen molar-refractivity contribution in [3.05, 3.63) is 106 Å². The predicted octanol–water partition coefficient (Wildman–Crippen LogP) is 5.45. The first-order valence-electron chi connectivity index (χ1n) is 11.3. The molecule has 1 aromatic heterocycles. The number of carbonyl (C=O) groups is 1. The molecule has 8 nitrogen and oxygen atoms in total. The fraction of sp³-hybridized carbons (Fsp3) is 0.148. The number of amides is 1. The molecule has 0 aliphatic heterocycles. The van der Waals surface area contributed by atoms with E-state index in [1.807, 2.05) is 61.5 Å². The Hall–Kier alpha value is -3.79. The topological polar surface area (TPSA) is 110 Å². The van der Waals surface area contributed by atoms with Crippen LogP contribution in [0, 0.1) is 6.92 Å². The van der Waals surface area contributed by atoms with Crippen molar-refractivity contribution in [2.45, 2.75) is 20.1 Å². The van der Waals surface area contributed by atoms with Crippen LogP contribution in [0.1, 0.15) is 27.0 Å². The summed E-state index contributed by atoms with van der Waals surface area (Å²) in [5, 5.41) is 2.83. The van der Waals surface area contributed by atoms with E-state index in [0.29, 0.717) is 35.7 Å². The molecule has 4 rings (SSSR count). The normalized spacial score (nSPS) is 11.2. The van der Waals surface area contributed by atoms with Crippen LogP contribution in [0.3, 0.4) is 0 Å². The Labute approximate surface area is 220 Å². The van der Waals surface area contributed by atoms with E-state index in [1.165, 1.54) is 6.20 Å². The molecule has 0 atom stereocenters. The largest absolute Gasteiger partial charge is 0.372 e. The Kier molecular flexibility index (Phi) is 8.17. The monoisotopic (exact) mass is 536 g/mol. The number of halogens is 1.